The van der Waals surface area contributed by atoms with Crippen LogP contribution in [0, 0.1) is 6.92 Å². The molecule has 0 aliphatic rings. The summed E-state index contributed by atoms with van der Waals surface area (Å²) in [5.41, 5.74) is 2.99. The lowest BCUT2D eigenvalue weighted by atomic mass is 10.0. The third kappa shape index (κ3) is 8.21. The molecule has 0 saturated carbocycles. The number of nitrogens with one attached hydrogen (secondary N) is 1. The molecular formula is C35H39N3O6S. The van der Waals surface area contributed by atoms with Crippen LogP contribution < -0.4 is 19.1 Å². The highest BCUT2D eigenvalue weighted by Gasteiger charge is 2.34. The molecule has 0 radical (unpaired) electrons. The Hall–Kier alpha value is -4.83. The lowest BCUT2D eigenvalue weighted by Crippen LogP contribution is -2.53. The number of likely N-dealkylation sites (N-methyl/N-ethyl adjacent to an activating group) is 1. The molecule has 0 bridgehead atoms. The van der Waals surface area contributed by atoms with Crippen molar-refractivity contribution in [1.82, 2.24) is 10.2 Å². The lowest BCUT2D eigenvalue weighted by Gasteiger charge is -2.34. The number of hydrogen-bond donors (Lipinski definition) is 1. The Kier molecular flexibility index (Phi) is 11.2. The Balaban J connectivity index is 1.80. The Labute approximate surface area is 265 Å². The lowest BCUT2D eigenvalue weighted by molar-refractivity contribution is -0.140. The summed E-state index contributed by atoms with van der Waals surface area (Å²) in [6.07, 6.45) is 0.248. The van der Waals surface area contributed by atoms with Gasteiger partial charge in [-0.15, -0.1) is 0 Å². The van der Waals surface area contributed by atoms with E-state index < -0.39 is 28.5 Å². The highest BCUT2D eigenvalue weighted by molar-refractivity contribution is 7.92. The van der Waals surface area contributed by atoms with Gasteiger partial charge in [0.1, 0.15) is 12.6 Å². The molecule has 4 aromatic carbocycles. The second-order valence-electron chi connectivity index (χ2n) is 10.5. The fourth-order valence-corrected chi connectivity index (χ4v) is 6.51. The van der Waals surface area contributed by atoms with E-state index in [0.717, 1.165) is 21.0 Å². The molecule has 0 unspecified atom stereocenters. The van der Waals surface area contributed by atoms with Crippen LogP contribution in [-0.2, 0) is 32.6 Å². The van der Waals surface area contributed by atoms with Gasteiger partial charge < -0.3 is 19.7 Å². The number of hydrogen-bond acceptors (Lipinski definition) is 6. The Morgan fingerprint density at radius 1 is 0.800 bits per heavy atom. The number of anilines is 1. The zero-order valence-electron chi connectivity index (χ0n) is 26.0. The monoisotopic (exact) mass is 629 g/mol. The van der Waals surface area contributed by atoms with E-state index in [2.05, 4.69) is 5.32 Å². The van der Waals surface area contributed by atoms with Crippen LogP contribution in [0.1, 0.15) is 23.6 Å². The summed E-state index contributed by atoms with van der Waals surface area (Å²) in [6, 6.07) is 28.9. The molecule has 0 fully saturated rings. The number of ether oxygens (including phenoxy) is 2. The zero-order chi connectivity index (χ0) is 32.4. The van der Waals surface area contributed by atoms with E-state index in [9.17, 15) is 18.0 Å². The van der Waals surface area contributed by atoms with E-state index in [1.165, 1.54) is 37.3 Å². The molecule has 9 nitrogen and oxygen atoms in total. The van der Waals surface area contributed by atoms with Crippen molar-refractivity contribution in [2.45, 2.75) is 37.8 Å². The van der Waals surface area contributed by atoms with Crippen molar-refractivity contribution in [3.05, 3.63) is 120 Å². The molecule has 2 amide bonds. The third-order valence-corrected chi connectivity index (χ3v) is 9.09. The summed E-state index contributed by atoms with van der Waals surface area (Å²) in [6.45, 7) is 3.70. The molecule has 10 heteroatoms. The van der Waals surface area contributed by atoms with Gasteiger partial charge in [-0.2, -0.15) is 0 Å². The van der Waals surface area contributed by atoms with Crippen molar-refractivity contribution >= 4 is 27.5 Å². The summed E-state index contributed by atoms with van der Waals surface area (Å²) < 4.78 is 40.2. The fraction of sp³-hybridized carbons (Fsp3) is 0.257. The Bertz CT molecular complexity index is 1700. The minimum Gasteiger partial charge on any atom is -0.493 e. The van der Waals surface area contributed by atoms with Gasteiger partial charge in [-0.25, -0.2) is 8.42 Å². The van der Waals surface area contributed by atoms with Crippen molar-refractivity contribution < 1.29 is 27.5 Å². The number of rotatable bonds is 14. The van der Waals surface area contributed by atoms with Crippen LogP contribution in [-0.4, -0.2) is 58.5 Å². The van der Waals surface area contributed by atoms with Gasteiger partial charge in [-0.05, 0) is 49.2 Å². The molecular weight excluding hydrogens is 590 g/mol. The van der Waals surface area contributed by atoms with Crippen LogP contribution >= 0.6 is 0 Å². The average molecular weight is 630 g/mol. The van der Waals surface area contributed by atoms with E-state index in [-0.39, 0.29) is 29.5 Å². The van der Waals surface area contributed by atoms with Gasteiger partial charge in [0, 0.05) is 25.6 Å². The van der Waals surface area contributed by atoms with Crippen LogP contribution in [0.2, 0.25) is 0 Å². The number of carbonyl (C=O) groups is 2. The molecule has 4 aromatic rings. The number of amides is 2. The summed E-state index contributed by atoms with van der Waals surface area (Å²) in [4.78, 5) is 29.4. The first-order valence-electron chi connectivity index (χ1n) is 14.6. The first-order valence-corrected chi connectivity index (χ1v) is 16.1. The number of nitrogens with zero attached hydrogens (tertiary/aromatic N) is 2. The first kappa shape index (κ1) is 33.1. The number of aryl methyl sites for hydroxylation is 1. The first-order chi connectivity index (χ1) is 21.7. The predicted octanol–water partition coefficient (Wildman–Crippen LogP) is 4.98. The quantitative estimate of drug-likeness (QED) is 0.211. The van der Waals surface area contributed by atoms with Crippen molar-refractivity contribution in [1.29, 1.82) is 0 Å². The maximum atomic E-state index is 14.5. The molecule has 0 aromatic heterocycles. The van der Waals surface area contributed by atoms with Crippen molar-refractivity contribution in [2.24, 2.45) is 0 Å². The van der Waals surface area contributed by atoms with Crippen LogP contribution in [0.5, 0.6) is 11.5 Å². The molecule has 0 aliphatic heterocycles. The maximum absolute atomic E-state index is 14.5. The fourth-order valence-electron chi connectivity index (χ4n) is 5.08. The summed E-state index contributed by atoms with van der Waals surface area (Å²) in [5.74, 6) is -0.250. The van der Waals surface area contributed by atoms with Gasteiger partial charge in [0.2, 0.25) is 11.8 Å². The maximum Gasteiger partial charge on any atom is 0.264 e. The predicted molar refractivity (Wildman–Crippen MR) is 175 cm³/mol. The number of para-hydroxylation sites is 1. The number of benzene rings is 4. The topological polar surface area (TPSA) is 105 Å². The van der Waals surface area contributed by atoms with Crippen LogP contribution in [0.15, 0.2) is 108 Å². The van der Waals surface area contributed by atoms with Crippen LogP contribution in [0.25, 0.3) is 0 Å². The summed E-state index contributed by atoms with van der Waals surface area (Å²) >= 11 is 0. The number of methoxy groups -OCH3 is 2. The Morgan fingerprint density at radius 2 is 1.44 bits per heavy atom. The minimum absolute atomic E-state index is 0.0772. The molecule has 0 heterocycles. The smallest absolute Gasteiger partial charge is 0.264 e. The van der Waals surface area contributed by atoms with Gasteiger partial charge >= 0.3 is 0 Å². The van der Waals surface area contributed by atoms with Crippen molar-refractivity contribution in [3.63, 3.8) is 0 Å². The second-order valence-corrected chi connectivity index (χ2v) is 12.3. The molecule has 1 N–H and O–H groups in total. The molecule has 0 aliphatic carbocycles. The SMILES string of the molecule is CCNC(=O)[C@H](Cc1ccccc1)N(Cc1cccc(C)c1)C(=O)CN(c1ccccc1)S(=O)(=O)c1ccc(OC)c(OC)c1. The standard InChI is InChI=1S/C35H39N3O6S/c1-5-36-35(40)31(22-27-14-8-6-9-15-27)37(24-28-16-12-13-26(2)21-28)34(39)25-38(29-17-10-7-11-18-29)45(41,42)30-19-20-32(43-3)33(23-30)44-4/h6-21,23,31H,5,22,24-25H2,1-4H3,(H,36,40)/t31-/m0/s1. The second kappa shape index (κ2) is 15.3. The minimum atomic E-state index is -4.29. The summed E-state index contributed by atoms with van der Waals surface area (Å²) in [7, 11) is -1.40. The van der Waals surface area contributed by atoms with Gasteiger partial charge in [0.05, 0.1) is 24.8 Å². The van der Waals surface area contributed by atoms with Gasteiger partial charge in [-0.3, -0.25) is 13.9 Å². The molecule has 236 valence electrons. The van der Waals surface area contributed by atoms with E-state index >= 15 is 0 Å². The van der Waals surface area contributed by atoms with Crippen molar-refractivity contribution in [3.8, 4) is 11.5 Å². The van der Waals surface area contributed by atoms with Crippen molar-refractivity contribution in [2.75, 3.05) is 31.6 Å². The highest BCUT2D eigenvalue weighted by Crippen LogP contribution is 2.32. The molecule has 4 rings (SSSR count). The average Bonchev–Trinajstić information content (AvgIpc) is 3.05. The number of sulfonamides is 1. The molecule has 1 atom stereocenters. The third-order valence-electron chi connectivity index (χ3n) is 7.32. The van der Waals surface area contributed by atoms with E-state index in [1.54, 1.807) is 30.3 Å². The van der Waals surface area contributed by atoms with Gasteiger partial charge in [-0.1, -0.05) is 78.4 Å². The molecule has 0 spiro atoms. The van der Waals surface area contributed by atoms with Crippen LogP contribution in [0.4, 0.5) is 5.69 Å². The largest absolute Gasteiger partial charge is 0.493 e. The zero-order valence-corrected chi connectivity index (χ0v) is 26.8. The molecule has 45 heavy (non-hydrogen) atoms. The Morgan fingerprint density at radius 3 is 2.07 bits per heavy atom. The summed E-state index contributed by atoms with van der Waals surface area (Å²) in [5, 5.41) is 2.87. The van der Waals surface area contributed by atoms with E-state index in [4.69, 9.17) is 9.47 Å². The van der Waals surface area contributed by atoms with E-state index in [0.29, 0.717) is 18.0 Å². The van der Waals surface area contributed by atoms with Crippen LogP contribution in [0.3, 0.4) is 0 Å². The van der Waals surface area contributed by atoms with Gasteiger partial charge in [0.15, 0.2) is 11.5 Å². The highest BCUT2D eigenvalue weighted by atomic mass is 32.2. The number of carbonyl (C=O) groups excluding carboxylic acids is 2. The normalized spacial score (nSPS) is 11.7. The molecule has 0 saturated heterocycles. The van der Waals surface area contributed by atoms with Gasteiger partial charge in [0.25, 0.3) is 10.0 Å². The van der Waals surface area contributed by atoms with E-state index in [1.807, 2.05) is 68.4 Å².